The highest BCUT2D eigenvalue weighted by Crippen LogP contribution is 2.20. The van der Waals surface area contributed by atoms with Crippen molar-refractivity contribution in [2.45, 2.75) is 0 Å². The van der Waals surface area contributed by atoms with Crippen LogP contribution in [0, 0.1) is 6.07 Å². The lowest BCUT2D eigenvalue weighted by Crippen LogP contribution is -2.07. The fourth-order valence-electron chi connectivity index (χ4n) is 1.43. The Morgan fingerprint density at radius 3 is 2.33 bits per heavy atom. The van der Waals surface area contributed by atoms with Gasteiger partial charge in [-0.1, -0.05) is 12.1 Å². The van der Waals surface area contributed by atoms with Gasteiger partial charge in [0, 0.05) is 43.8 Å². The molecule has 0 fully saturated rings. The molecule has 0 spiro atoms. The van der Waals surface area contributed by atoms with Gasteiger partial charge >= 0.3 is 0 Å². The maximum absolute atomic E-state index is 4.05. The SMILES string of the molecule is CN(C)c1ccc(-c2c[c]cnc2)cc1. The first-order chi connectivity index (χ1) is 7.27. The Morgan fingerprint density at radius 2 is 1.80 bits per heavy atom. The number of hydrogen-bond donors (Lipinski definition) is 0. The van der Waals surface area contributed by atoms with Gasteiger partial charge in [0.15, 0.2) is 0 Å². The van der Waals surface area contributed by atoms with E-state index < -0.39 is 0 Å². The number of rotatable bonds is 2. The van der Waals surface area contributed by atoms with Gasteiger partial charge in [0.05, 0.1) is 0 Å². The second-order valence-corrected chi connectivity index (χ2v) is 3.61. The standard InChI is InChI=1S/C13H13N2/c1-15(2)13-7-5-11(6-8-13)12-4-3-9-14-10-12/h4-10H,1-2H3. The largest absolute Gasteiger partial charge is 0.378 e. The molecule has 1 heterocycles. The molecule has 2 heteroatoms. The van der Waals surface area contributed by atoms with E-state index in [4.69, 9.17) is 0 Å². The van der Waals surface area contributed by atoms with Crippen molar-refractivity contribution >= 4 is 5.69 Å². The van der Waals surface area contributed by atoms with Crippen LogP contribution in [-0.4, -0.2) is 19.1 Å². The molecule has 0 saturated heterocycles. The summed E-state index contributed by atoms with van der Waals surface area (Å²) in [6.07, 6.45) is 3.51. The lowest BCUT2D eigenvalue weighted by atomic mass is 10.1. The average molecular weight is 197 g/mol. The molecule has 0 bridgehead atoms. The third-order valence-corrected chi connectivity index (χ3v) is 2.32. The molecule has 0 unspecified atom stereocenters. The van der Waals surface area contributed by atoms with Crippen LogP contribution in [0.1, 0.15) is 0 Å². The molecule has 0 N–H and O–H groups in total. The Balaban J connectivity index is 2.32. The van der Waals surface area contributed by atoms with Crippen molar-refractivity contribution < 1.29 is 0 Å². The summed E-state index contributed by atoms with van der Waals surface area (Å²) in [5.74, 6) is 0. The van der Waals surface area contributed by atoms with Gasteiger partial charge in [-0.25, -0.2) is 0 Å². The second kappa shape index (κ2) is 4.13. The molecule has 1 aromatic heterocycles. The van der Waals surface area contributed by atoms with Gasteiger partial charge in [0.2, 0.25) is 0 Å². The van der Waals surface area contributed by atoms with Crippen molar-refractivity contribution in [1.29, 1.82) is 0 Å². The zero-order valence-corrected chi connectivity index (χ0v) is 8.94. The van der Waals surface area contributed by atoms with E-state index in [1.54, 1.807) is 6.20 Å². The number of pyridine rings is 1. The van der Waals surface area contributed by atoms with Crippen LogP contribution in [0.25, 0.3) is 11.1 Å². The highest BCUT2D eigenvalue weighted by atomic mass is 15.1. The highest BCUT2D eigenvalue weighted by Gasteiger charge is 1.98. The predicted octanol–water partition coefficient (Wildman–Crippen LogP) is 2.61. The maximum atomic E-state index is 4.05. The molecular weight excluding hydrogens is 184 g/mol. The van der Waals surface area contributed by atoms with E-state index in [-0.39, 0.29) is 0 Å². The summed E-state index contributed by atoms with van der Waals surface area (Å²) in [4.78, 5) is 6.14. The third-order valence-electron chi connectivity index (χ3n) is 2.32. The molecule has 0 saturated carbocycles. The monoisotopic (exact) mass is 197 g/mol. The maximum Gasteiger partial charge on any atom is 0.0361 e. The van der Waals surface area contributed by atoms with E-state index in [0.29, 0.717) is 0 Å². The first-order valence-electron chi connectivity index (χ1n) is 4.86. The Morgan fingerprint density at radius 1 is 1.07 bits per heavy atom. The molecule has 2 rings (SSSR count). The summed E-state index contributed by atoms with van der Waals surface area (Å²) >= 11 is 0. The topological polar surface area (TPSA) is 16.1 Å². The average Bonchev–Trinajstić information content (AvgIpc) is 2.30. The van der Waals surface area contributed by atoms with Gasteiger partial charge in [-0.15, -0.1) is 0 Å². The van der Waals surface area contributed by atoms with Gasteiger partial charge in [-0.2, -0.15) is 0 Å². The summed E-state index contributed by atoms with van der Waals surface area (Å²) in [7, 11) is 4.07. The number of benzene rings is 1. The molecule has 75 valence electrons. The van der Waals surface area contributed by atoms with E-state index in [1.165, 1.54) is 11.3 Å². The zero-order chi connectivity index (χ0) is 10.7. The Hall–Kier alpha value is -1.83. The van der Waals surface area contributed by atoms with E-state index in [1.807, 2.05) is 26.4 Å². The Kier molecular flexibility index (Phi) is 2.68. The number of nitrogens with zero attached hydrogens (tertiary/aromatic N) is 2. The van der Waals surface area contributed by atoms with Crippen LogP contribution in [0.5, 0.6) is 0 Å². The van der Waals surface area contributed by atoms with Crippen LogP contribution in [0.2, 0.25) is 0 Å². The van der Waals surface area contributed by atoms with Crippen LogP contribution in [0.15, 0.2) is 42.7 Å². The minimum Gasteiger partial charge on any atom is -0.378 e. The van der Waals surface area contributed by atoms with Crippen LogP contribution in [0.3, 0.4) is 0 Å². The first-order valence-corrected chi connectivity index (χ1v) is 4.86. The van der Waals surface area contributed by atoms with E-state index in [2.05, 4.69) is 40.2 Å². The van der Waals surface area contributed by atoms with Crippen molar-refractivity contribution in [1.82, 2.24) is 4.98 Å². The van der Waals surface area contributed by atoms with Crippen LogP contribution in [-0.2, 0) is 0 Å². The summed E-state index contributed by atoms with van der Waals surface area (Å²) < 4.78 is 0. The number of anilines is 1. The van der Waals surface area contributed by atoms with Gasteiger partial charge in [0.25, 0.3) is 0 Å². The van der Waals surface area contributed by atoms with Crippen molar-refractivity contribution in [2.24, 2.45) is 0 Å². The Labute approximate surface area is 90.2 Å². The highest BCUT2D eigenvalue weighted by molar-refractivity contribution is 5.65. The molecule has 0 amide bonds. The summed E-state index contributed by atoms with van der Waals surface area (Å²) in [5.41, 5.74) is 3.47. The van der Waals surface area contributed by atoms with Crippen LogP contribution >= 0.6 is 0 Å². The molecule has 2 nitrogen and oxygen atoms in total. The number of hydrogen-bond acceptors (Lipinski definition) is 2. The fraction of sp³-hybridized carbons (Fsp3) is 0.154. The molecule has 1 radical (unpaired) electrons. The first kappa shape index (κ1) is 9.71. The lowest BCUT2D eigenvalue weighted by Gasteiger charge is -2.12. The van der Waals surface area contributed by atoms with Crippen molar-refractivity contribution in [2.75, 3.05) is 19.0 Å². The van der Waals surface area contributed by atoms with Gasteiger partial charge < -0.3 is 4.90 Å². The van der Waals surface area contributed by atoms with Gasteiger partial charge in [-0.05, 0) is 23.8 Å². The van der Waals surface area contributed by atoms with Crippen molar-refractivity contribution in [3.8, 4) is 11.1 Å². The zero-order valence-electron chi connectivity index (χ0n) is 8.94. The molecule has 0 aliphatic rings. The van der Waals surface area contributed by atoms with Crippen LogP contribution < -0.4 is 4.90 Å². The normalized spacial score (nSPS) is 10.0. The molecule has 1 aromatic carbocycles. The van der Waals surface area contributed by atoms with Crippen molar-refractivity contribution in [3.63, 3.8) is 0 Å². The summed E-state index contributed by atoms with van der Waals surface area (Å²) in [6, 6.07) is 13.3. The lowest BCUT2D eigenvalue weighted by molar-refractivity contribution is 1.13. The predicted molar refractivity (Wildman–Crippen MR) is 62.8 cm³/mol. The molecule has 0 atom stereocenters. The van der Waals surface area contributed by atoms with Crippen molar-refractivity contribution in [3.05, 3.63) is 48.8 Å². The molecule has 0 aliphatic heterocycles. The van der Waals surface area contributed by atoms with Crippen LogP contribution in [0.4, 0.5) is 5.69 Å². The van der Waals surface area contributed by atoms with E-state index in [0.717, 1.165) is 5.56 Å². The fourth-order valence-corrected chi connectivity index (χ4v) is 1.43. The van der Waals surface area contributed by atoms with Gasteiger partial charge in [-0.3, -0.25) is 4.98 Å². The number of aromatic nitrogens is 1. The summed E-state index contributed by atoms with van der Waals surface area (Å²) in [6.45, 7) is 0. The molecule has 2 aromatic rings. The van der Waals surface area contributed by atoms with E-state index in [9.17, 15) is 0 Å². The smallest absolute Gasteiger partial charge is 0.0361 e. The van der Waals surface area contributed by atoms with Gasteiger partial charge in [0.1, 0.15) is 0 Å². The minimum absolute atomic E-state index is 1.10. The quantitative estimate of drug-likeness (QED) is 0.735. The van der Waals surface area contributed by atoms with E-state index >= 15 is 0 Å². The second-order valence-electron chi connectivity index (χ2n) is 3.61. The molecule has 15 heavy (non-hydrogen) atoms. The third kappa shape index (κ3) is 2.15. The Bertz CT molecular complexity index is 418. The molecular formula is C13H13N2. The molecule has 0 aliphatic carbocycles. The summed E-state index contributed by atoms with van der Waals surface area (Å²) in [5, 5.41) is 0. The minimum atomic E-state index is 1.10.